The van der Waals surface area contributed by atoms with Crippen LogP contribution < -0.4 is 4.72 Å². The van der Waals surface area contributed by atoms with Crippen LogP contribution in [0, 0.1) is 6.92 Å². The standard InChI is InChI=1S/C18H16ClN3O2S2/c1-12-15(19)6-3-7-17(12)26(23,24)21-14-5-2-4-13(10-14)16-11-22-8-9-25-18(22)20-16/h2-7,10-11,21H,8-9H2,1H3. The maximum atomic E-state index is 12.7. The van der Waals surface area contributed by atoms with Crippen molar-refractivity contribution in [2.75, 3.05) is 10.5 Å². The van der Waals surface area contributed by atoms with Crippen molar-refractivity contribution in [1.82, 2.24) is 9.55 Å². The summed E-state index contributed by atoms with van der Waals surface area (Å²) in [6.07, 6.45) is 2.00. The first kappa shape index (κ1) is 17.5. The molecular formula is C18H16ClN3O2S2. The van der Waals surface area contributed by atoms with Crippen molar-refractivity contribution in [2.45, 2.75) is 23.5 Å². The van der Waals surface area contributed by atoms with Gasteiger partial charge < -0.3 is 4.57 Å². The van der Waals surface area contributed by atoms with E-state index in [1.807, 2.05) is 18.3 Å². The number of hydrogen-bond donors (Lipinski definition) is 1. The highest BCUT2D eigenvalue weighted by molar-refractivity contribution is 7.99. The van der Waals surface area contributed by atoms with Crippen molar-refractivity contribution in [3.8, 4) is 11.3 Å². The van der Waals surface area contributed by atoms with Crippen LogP contribution in [0.25, 0.3) is 11.3 Å². The van der Waals surface area contributed by atoms with Gasteiger partial charge in [0.1, 0.15) is 0 Å². The summed E-state index contributed by atoms with van der Waals surface area (Å²) < 4.78 is 30.2. The van der Waals surface area contributed by atoms with Crippen molar-refractivity contribution in [3.05, 3.63) is 59.2 Å². The molecular weight excluding hydrogens is 390 g/mol. The molecule has 1 aromatic heterocycles. The maximum absolute atomic E-state index is 12.7. The SMILES string of the molecule is Cc1c(Cl)cccc1S(=O)(=O)Nc1cccc(-c2cn3c(n2)SCC3)c1. The van der Waals surface area contributed by atoms with Crippen LogP contribution in [0.4, 0.5) is 5.69 Å². The van der Waals surface area contributed by atoms with Crippen molar-refractivity contribution in [3.63, 3.8) is 0 Å². The summed E-state index contributed by atoms with van der Waals surface area (Å²) in [6.45, 7) is 2.64. The maximum Gasteiger partial charge on any atom is 0.262 e. The van der Waals surface area contributed by atoms with Crippen molar-refractivity contribution >= 4 is 39.1 Å². The Bertz CT molecular complexity index is 1070. The summed E-state index contributed by atoms with van der Waals surface area (Å²) in [5.74, 6) is 1.04. The van der Waals surface area contributed by atoms with Gasteiger partial charge in [-0.1, -0.05) is 41.6 Å². The zero-order valence-corrected chi connectivity index (χ0v) is 16.3. The quantitative estimate of drug-likeness (QED) is 0.697. The van der Waals surface area contributed by atoms with Crippen LogP contribution in [-0.2, 0) is 16.6 Å². The predicted octanol–water partition coefficient (Wildman–Crippen LogP) is 4.42. The first-order valence-electron chi connectivity index (χ1n) is 8.02. The number of imidazole rings is 1. The Balaban J connectivity index is 1.65. The number of thioether (sulfide) groups is 1. The molecule has 134 valence electrons. The number of benzene rings is 2. The molecule has 1 aliphatic rings. The highest BCUT2D eigenvalue weighted by atomic mass is 35.5. The molecule has 0 amide bonds. The number of nitrogens with zero attached hydrogens (tertiary/aromatic N) is 2. The van der Waals surface area contributed by atoms with E-state index in [-0.39, 0.29) is 4.90 Å². The van der Waals surface area contributed by atoms with Gasteiger partial charge in [-0.3, -0.25) is 4.72 Å². The van der Waals surface area contributed by atoms with Gasteiger partial charge in [-0.05, 0) is 36.8 Å². The van der Waals surface area contributed by atoms with Gasteiger partial charge in [0.05, 0.1) is 10.6 Å². The Labute approximate surface area is 161 Å². The Morgan fingerprint density at radius 3 is 2.85 bits per heavy atom. The molecule has 26 heavy (non-hydrogen) atoms. The number of anilines is 1. The van der Waals surface area contributed by atoms with E-state index in [0.29, 0.717) is 16.3 Å². The van der Waals surface area contributed by atoms with Crippen molar-refractivity contribution < 1.29 is 8.42 Å². The fourth-order valence-electron chi connectivity index (χ4n) is 2.88. The van der Waals surface area contributed by atoms with Crippen LogP contribution in [0.5, 0.6) is 0 Å². The molecule has 1 N–H and O–H groups in total. The Hall–Kier alpha value is -1.96. The molecule has 5 nitrogen and oxygen atoms in total. The van der Waals surface area contributed by atoms with E-state index in [0.717, 1.165) is 28.7 Å². The number of aromatic nitrogens is 2. The van der Waals surface area contributed by atoms with E-state index in [1.54, 1.807) is 49.0 Å². The second kappa shape index (κ2) is 6.64. The van der Waals surface area contributed by atoms with Gasteiger partial charge in [0, 0.05) is 34.8 Å². The number of fused-ring (bicyclic) bond motifs is 1. The fourth-order valence-corrected chi connectivity index (χ4v) is 5.37. The third-order valence-corrected chi connectivity index (χ3v) is 7.13. The molecule has 0 atom stereocenters. The molecule has 0 saturated heterocycles. The van der Waals surface area contributed by atoms with Gasteiger partial charge in [0.15, 0.2) is 5.16 Å². The van der Waals surface area contributed by atoms with Crippen LogP contribution in [0.2, 0.25) is 5.02 Å². The average molecular weight is 406 g/mol. The minimum Gasteiger partial charge on any atom is -0.325 e. The molecule has 2 heterocycles. The number of aryl methyl sites for hydroxylation is 1. The summed E-state index contributed by atoms with van der Waals surface area (Å²) in [7, 11) is -3.73. The van der Waals surface area contributed by atoms with Gasteiger partial charge in [0.2, 0.25) is 0 Å². The van der Waals surface area contributed by atoms with Crippen molar-refractivity contribution in [2.24, 2.45) is 0 Å². The second-order valence-corrected chi connectivity index (χ2v) is 9.12. The van der Waals surface area contributed by atoms with Crippen LogP contribution in [0.1, 0.15) is 5.56 Å². The summed E-state index contributed by atoms with van der Waals surface area (Å²) in [5.41, 5.74) is 2.73. The molecule has 0 unspecified atom stereocenters. The summed E-state index contributed by atoms with van der Waals surface area (Å²) in [6, 6.07) is 12.1. The van der Waals surface area contributed by atoms with E-state index in [9.17, 15) is 8.42 Å². The number of sulfonamides is 1. The van der Waals surface area contributed by atoms with Gasteiger partial charge >= 0.3 is 0 Å². The Morgan fingerprint density at radius 2 is 2.04 bits per heavy atom. The highest BCUT2D eigenvalue weighted by Crippen LogP contribution is 2.31. The smallest absolute Gasteiger partial charge is 0.262 e. The lowest BCUT2D eigenvalue weighted by atomic mass is 10.1. The second-order valence-electron chi connectivity index (χ2n) is 6.00. The lowest BCUT2D eigenvalue weighted by Crippen LogP contribution is -2.14. The van der Waals surface area contributed by atoms with E-state index in [2.05, 4.69) is 14.3 Å². The molecule has 0 radical (unpaired) electrons. The number of halogens is 1. The largest absolute Gasteiger partial charge is 0.325 e. The third kappa shape index (κ3) is 3.22. The minimum atomic E-state index is -3.73. The third-order valence-electron chi connectivity index (χ3n) is 4.22. The molecule has 0 bridgehead atoms. The van der Waals surface area contributed by atoms with E-state index < -0.39 is 10.0 Å². The molecule has 3 aromatic rings. The highest BCUT2D eigenvalue weighted by Gasteiger charge is 2.19. The van der Waals surface area contributed by atoms with Crippen molar-refractivity contribution in [1.29, 1.82) is 0 Å². The summed E-state index contributed by atoms with van der Waals surface area (Å²) in [5, 5.41) is 1.42. The van der Waals surface area contributed by atoms with Crippen LogP contribution in [0.3, 0.4) is 0 Å². The van der Waals surface area contributed by atoms with E-state index in [1.165, 1.54) is 0 Å². The molecule has 2 aromatic carbocycles. The Morgan fingerprint density at radius 1 is 1.23 bits per heavy atom. The fraction of sp³-hybridized carbons (Fsp3) is 0.167. The van der Waals surface area contributed by atoms with Gasteiger partial charge in [-0.25, -0.2) is 13.4 Å². The molecule has 1 aliphatic heterocycles. The first-order valence-corrected chi connectivity index (χ1v) is 10.9. The molecule has 0 saturated carbocycles. The lowest BCUT2D eigenvalue weighted by Gasteiger charge is -2.12. The van der Waals surface area contributed by atoms with Crippen LogP contribution in [-0.4, -0.2) is 23.7 Å². The number of hydrogen-bond acceptors (Lipinski definition) is 4. The van der Waals surface area contributed by atoms with Gasteiger partial charge in [0.25, 0.3) is 10.0 Å². The molecule has 0 spiro atoms. The Kier molecular flexibility index (Phi) is 4.46. The molecule has 4 rings (SSSR count). The van der Waals surface area contributed by atoms with E-state index in [4.69, 9.17) is 11.6 Å². The van der Waals surface area contributed by atoms with Gasteiger partial charge in [-0.2, -0.15) is 0 Å². The number of nitrogens with one attached hydrogen (secondary N) is 1. The van der Waals surface area contributed by atoms with Crippen LogP contribution in [0.15, 0.2) is 58.7 Å². The monoisotopic (exact) mass is 405 g/mol. The zero-order valence-electron chi connectivity index (χ0n) is 13.9. The summed E-state index contributed by atoms with van der Waals surface area (Å²) >= 11 is 7.79. The normalized spacial score (nSPS) is 13.6. The van der Waals surface area contributed by atoms with Crippen LogP contribution >= 0.6 is 23.4 Å². The minimum absolute atomic E-state index is 0.174. The molecule has 8 heteroatoms. The first-order chi connectivity index (χ1) is 12.4. The molecule has 0 fully saturated rings. The average Bonchev–Trinajstić information content (AvgIpc) is 3.19. The summed E-state index contributed by atoms with van der Waals surface area (Å²) in [4.78, 5) is 4.79. The molecule has 0 aliphatic carbocycles. The zero-order chi connectivity index (χ0) is 18.3. The lowest BCUT2D eigenvalue weighted by molar-refractivity contribution is 0.600. The van der Waals surface area contributed by atoms with E-state index >= 15 is 0 Å². The van der Waals surface area contributed by atoms with Gasteiger partial charge in [-0.15, -0.1) is 0 Å². The topological polar surface area (TPSA) is 64.0 Å². The number of rotatable bonds is 4. The predicted molar refractivity (Wildman–Crippen MR) is 105 cm³/mol.